The van der Waals surface area contributed by atoms with Gasteiger partial charge in [-0.2, -0.15) is 0 Å². The van der Waals surface area contributed by atoms with Gasteiger partial charge in [-0.05, 0) is 36.8 Å². The number of hydrogen-bond donors (Lipinski definition) is 2. The Labute approximate surface area is 146 Å². The Hall–Kier alpha value is -2.70. The van der Waals surface area contributed by atoms with Crippen LogP contribution in [0.15, 0.2) is 54.6 Å². The topological polar surface area (TPSA) is 70.7 Å². The fourth-order valence-electron chi connectivity index (χ4n) is 2.75. The molecule has 0 bridgehead atoms. The van der Waals surface area contributed by atoms with E-state index < -0.39 is 6.04 Å². The highest BCUT2D eigenvalue weighted by Crippen LogP contribution is 2.25. The van der Waals surface area contributed by atoms with Gasteiger partial charge in [0, 0.05) is 6.54 Å². The lowest BCUT2D eigenvalue weighted by atomic mass is 10.2. The average molecular weight is 339 g/mol. The number of carbonyl (C=O) groups excluding carboxylic acids is 2. The molecule has 2 aromatic rings. The number of amides is 2. The van der Waals surface area contributed by atoms with E-state index in [0.717, 1.165) is 5.56 Å². The van der Waals surface area contributed by atoms with Crippen LogP contribution in [0.1, 0.15) is 18.9 Å². The monoisotopic (exact) mass is 339 g/mol. The molecule has 3 rings (SSSR count). The number of carbonyl (C=O) groups is 2. The third-order valence-electron chi connectivity index (χ3n) is 3.96. The zero-order chi connectivity index (χ0) is 17.6. The minimum absolute atomic E-state index is 0.133. The van der Waals surface area contributed by atoms with E-state index in [-0.39, 0.29) is 18.2 Å². The summed E-state index contributed by atoms with van der Waals surface area (Å²) in [6.45, 7) is 3.04. The summed E-state index contributed by atoms with van der Waals surface area (Å²) in [7, 11) is 0. The lowest BCUT2D eigenvalue weighted by Crippen LogP contribution is -2.45. The van der Waals surface area contributed by atoms with Crippen LogP contribution in [0, 0.1) is 0 Å². The molecular weight excluding hydrogens is 318 g/mol. The predicted octanol–water partition coefficient (Wildman–Crippen LogP) is 2.01. The number of ether oxygens (including phenoxy) is 1. The van der Waals surface area contributed by atoms with Crippen LogP contribution in [0.25, 0.3) is 0 Å². The molecule has 2 N–H and O–H groups in total. The van der Waals surface area contributed by atoms with Crippen LogP contribution in [-0.2, 0) is 16.1 Å². The minimum atomic E-state index is -0.567. The average Bonchev–Trinajstić information content (AvgIpc) is 2.91. The van der Waals surface area contributed by atoms with Crippen LogP contribution in [0.5, 0.6) is 5.75 Å². The van der Waals surface area contributed by atoms with Crippen LogP contribution in [0.3, 0.4) is 0 Å². The molecule has 1 aliphatic heterocycles. The SMILES string of the molecule is CCOc1ccc(N2C(=O)C[C@@H](NNCc3ccccc3)C2=O)cc1. The molecule has 0 aliphatic carbocycles. The van der Waals surface area contributed by atoms with Gasteiger partial charge in [-0.15, -0.1) is 0 Å². The first-order valence-corrected chi connectivity index (χ1v) is 8.31. The second-order valence-corrected chi connectivity index (χ2v) is 5.73. The summed E-state index contributed by atoms with van der Waals surface area (Å²) in [4.78, 5) is 26.0. The Bertz CT molecular complexity index is 731. The van der Waals surface area contributed by atoms with Crippen molar-refractivity contribution in [2.24, 2.45) is 0 Å². The Morgan fingerprint density at radius 1 is 1.08 bits per heavy atom. The molecule has 1 saturated heterocycles. The Kier molecular flexibility index (Phi) is 5.42. The van der Waals surface area contributed by atoms with E-state index in [1.807, 2.05) is 37.3 Å². The van der Waals surface area contributed by atoms with Gasteiger partial charge in [0.1, 0.15) is 11.8 Å². The summed E-state index contributed by atoms with van der Waals surface area (Å²) in [5.74, 6) is 0.243. The van der Waals surface area contributed by atoms with Crippen molar-refractivity contribution in [3.05, 3.63) is 60.2 Å². The molecule has 1 atom stereocenters. The molecule has 1 aliphatic rings. The normalized spacial score (nSPS) is 17.2. The first-order chi connectivity index (χ1) is 12.2. The number of hydrazine groups is 1. The molecule has 130 valence electrons. The highest BCUT2D eigenvalue weighted by molar-refractivity contribution is 6.22. The van der Waals surface area contributed by atoms with Gasteiger partial charge in [0.25, 0.3) is 5.91 Å². The van der Waals surface area contributed by atoms with Crippen molar-refractivity contribution in [3.8, 4) is 5.75 Å². The van der Waals surface area contributed by atoms with Crippen molar-refractivity contribution < 1.29 is 14.3 Å². The molecule has 0 saturated carbocycles. The molecule has 2 amide bonds. The molecule has 25 heavy (non-hydrogen) atoms. The van der Waals surface area contributed by atoms with Gasteiger partial charge in [0.2, 0.25) is 5.91 Å². The predicted molar refractivity (Wildman–Crippen MR) is 94.9 cm³/mol. The highest BCUT2D eigenvalue weighted by Gasteiger charge is 2.39. The van der Waals surface area contributed by atoms with Crippen molar-refractivity contribution in [1.82, 2.24) is 10.9 Å². The van der Waals surface area contributed by atoms with Gasteiger partial charge in [-0.3, -0.25) is 15.0 Å². The molecule has 2 aromatic carbocycles. The number of benzene rings is 2. The maximum Gasteiger partial charge on any atom is 0.252 e. The number of rotatable bonds is 7. The summed E-state index contributed by atoms with van der Waals surface area (Å²) >= 11 is 0. The second-order valence-electron chi connectivity index (χ2n) is 5.73. The second kappa shape index (κ2) is 7.92. The van der Waals surface area contributed by atoms with E-state index in [1.54, 1.807) is 24.3 Å². The van der Waals surface area contributed by atoms with Gasteiger partial charge < -0.3 is 4.74 Å². The Morgan fingerprint density at radius 2 is 1.80 bits per heavy atom. The summed E-state index contributed by atoms with van der Waals surface area (Å²) in [6.07, 6.45) is 0.133. The van der Waals surface area contributed by atoms with Gasteiger partial charge in [0.15, 0.2) is 0 Å². The smallest absolute Gasteiger partial charge is 0.252 e. The fraction of sp³-hybridized carbons (Fsp3) is 0.263. The third-order valence-corrected chi connectivity index (χ3v) is 3.96. The number of nitrogens with zero attached hydrogens (tertiary/aromatic N) is 1. The molecule has 0 unspecified atom stereocenters. The zero-order valence-corrected chi connectivity index (χ0v) is 14.1. The summed E-state index contributed by atoms with van der Waals surface area (Å²) < 4.78 is 5.38. The maximum absolute atomic E-state index is 12.5. The molecule has 6 heteroatoms. The van der Waals surface area contributed by atoms with Crippen molar-refractivity contribution in [2.75, 3.05) is 11.5 Å². The van der Waals surface area contributed by atoms with E-state index >= 15 is 0 Å². The van der Waals surface area contributed by atoms with Crippen molar-refractivity contribution in [3.63, 3.8) is 0 Å². The van der Waals surface area contributed by atoms with Crippen molar-refractivity contribution in [2.45, 2.75) is 25.9 Å². The largest absolute Gasteiger partial charge is 0.494 e. The van der Waals surface area contributed by atoms with Crippen LogP contribution in [0.2, 0.25) is 0 Å². The van der Waals surface area contributed by atoms with Crippen LogP contribution in [-0.4, -0.2) is 24.5 Å². The minimum Gasteiger partial charge on any atom is -0.494 e. The van der Waals surface area contributed by atoms with E-state index in [2.05, 4.69) is 10.9 Å². The van der Waals surface area contributed by atoms with Crippen LogP contribution < -0.4 is 20.5 Å². The van der Waals surface area contributed by atoms with Crippen molar-refractivity contribution >= 4 is 17.5 Å². The number of nitrogens with one attached hydrogen (secondary N) is 2. The first-order valence-electron chi connectivity index (χ1n) is 8.31. The van der Waals surface area contributed by atoms with Gasteiger partial charge in [-0.25, -0.2) is 10.3 Å². The van der Waals surface area contributed by atoms with E-state index in [4.69, 9.17) is 4.74 Å². The Balaban J connectivity index is 1.59. The standard InChI is InChI=1S/C19H21N3O3/c1-2-25-16-10-8-15(9-11-16)22-18(23)12-17(19(22)24)21-20-13-14-6-4-3-5-7-14/h3-11,17,20-21H,2,12-13H2,1H3/t17-/m1/s1. The van der Waals surface area contributed by atoms with Gasteiger partial charge in [-0.1, -0.05) is 30.3 Å². The fourth-order valence-corrected chi connectivity index (χ4v) is 2.75. The van der Waals surface area contributed by atoms with Crippen LogP contribution in [0.4, 0.5) is 5.69 Å². The van der Waals surface area contributed by atoms with E-state index in [1.165, 1.54) is 4.90 Å². The molecule has 6 nitrogen and oxygen atoms in total. The highest BCUT2D eigenvalue weighted by atomic mass is 16.5. The molecule has 0 radical (unpaired) electrons. The molecule has 0 spiro atoms. The first kappa shape index (κ1) is 17.1. The van der Waals surface area contributed by atoms with Crippen molar-refractivity contribution in [1.29, 1.82) is 0 Å². The van der Waals surface area contributed by atoms with Gasteiger partial charge >= 0.3 is 0 Å². The lowest BCUT2D eigenvalue weighted by molar-refractivity contribution is -0.121. The number of anilines is 1. The molecular formula is C19H21N3O3. The van der Waals surface area contributed by atoms with Crippen LogP contribution >= 0.6 is 0 Å². The van der Waals surface area contributed by atoms with E-state index in [9.17, 15) is 9.59 Å². The zero-order valence-electron chi connectivity index (χ0n) is 14.1. The molecule has 1 fully saturated rings. The quantitative estimate of drug-likeness (QED) is 0.596. The maximum atomic E-state index is 12.5. The number of imide groups is 1. The summed E-state index contributed by atoms with van der Waals surface area (Å²) in [6, 6.07) is 16.2. The number of hydrogen-bond acceptors (Lipinski definition) is 5. The van der Waals surface area contributed by atoms with E-state index in [0.29, 0.717) is 24.6 Å². The lowest BCUT2D eigenvalue weighted by Gasteiger charge is -2.16. The molecule has 1 heterocycles. The summed E-state index contributed by atoms with van der Waals surface area (Å²) in [5.41, 5.74) is 7.63. The Morgan fingerprint density at radius 3 is 2.48 bits per heavy atom. The molecule has 0 aromatic heterocycles. The third kappa shape index (κ3) is 4.04. The summed E-state index contributed by atoms with van der Waals surface area (Å²) in [5, 5.41) is 0. The van der Waals surface area contributed by atoms with Gasteiger partial charge in [0.05, 0.1) is 18.7 Å².